The van der Waals surface area contributed by atoms with Gasteiger partial charge in [-0.25, -0.2) is 4.98 Å². The van der Waals surface area contributed by atoms with Crippen molar-refractivity contribution < 1.29 is 19.1 Å². The van der Waals surface area contributed by atoms with Crippen molar-refractivity contribution in [3.05, 3.63) is 48.0 Å². The second-order valence-electron chi connectivity index (χ2n) is 5.00. The van der Waals surface area contributed by atoms with Crippen LogP contribution in [0.15, 0.2) is 36.8 Å². The van der Waals surface area contributed by atoms with Crippen molar-refractivity contribution >= 4 is 11.8 Å². The van der Waals surface area contributed by atoms with Gasteiger partial charge in [0.05, 0.1) is 13.3 Å². The van der Waals surface area contributed by atoms with Gasteiger partial charge in [0.2, 0.25) is 0 Å². The van der Waals surface area contributed by atoms with Gasteiger partial charge >= 0.3 is 0 Å². The lowest BCUT2D eigenvalue weighted by atomic mass is 10.2. The average Bonchev–Trinajstić information content (AvgIpc) is 2.65. The highest BCUT2D eigenvalue weighted by atomic mass is 16.5. The summed E-state index contributed by atoms with van der Waals surface area (Å²) in [6, 6.07) is 5.22. The van der Waals surface area contributed by atoms with Crippen molar-refractivity contribution in [3.8, 4) is 11.5 Å². The summed E-state index contributed by atoms with van der Waals surface area (Å²) in [5.74, 6) is 0.418. The van der Waals surface area contributed by atoms with Crippen LogP contribution in [0.25, 0.3) is 0 Å². The van der Waals surface area contributed by atoms with Crippen molar-refractivity contribution in [3.63, 3.8) is 0 Å². The molecular formula is C17H20N4O4. The molecular weight excluding hydrogens is 324 g/mol. The lowest BCUT2D eigenvalue weighted by molar-refractivity contribution is -0.123. The molecule has 25 heavy (non-hydrogen) atoms. The Balaban J connectivity index is 1.96. The summed E-state index contributed by atoms with van der Waals surface area (Å²) in [7, 11) is 1.51. The monoisotopic (exact) mass is 344 g/mol. The molecule has 0 unspecified atom stereocenters. The molecule has 0 fully saturated rings. The zero-order chi connectivity index (χ0) is 18.1. The van der Waals surface area contributed by atoms with E-state index < -0.39 is 0 Å². The molecule has 0 spiro atoms. The molecule has 0 atom stereocenters. The predicted molar refractivity (Wildman–Crippen MR) is 90.4 cm³/mol. The van der Waals surface area contributed by atoms with Gasteiger partial charge in [0.25, 0.3) is 11.8 Å². The van der Waals surface area contributed by atoms with E-state index in [9.17, 15) is 9.59 Å². The number of likely N-dealkylation sites (N-methyl/N-ethyl adjacent to an activating group) is 1. The van der Waals surface area contributed by atoms with Crippen molar-refractivity contribution in [2.45, 2.75) is 13.5 Å². The van der Waals surface area contributed by atoms with E-state index in [1.807, 2.05) is 6.92 Å². The maximum Gasteiger partial charge on any atom is 0.271 e. The molecule has 0 aliphatic heterocycles. The highest BCUT2D eigenvalue weighted by molar-refractivity contribution is 5.91. The minimum absolute atomic E-state index is 0.0903. The maximum absolute atomic E-state index is 12.0. The number of nitrogens with one attached hydrogen (secondary N) is 2. The number of benzene rings is 1. The molecule has 0 bridgehead atoms. The van der Waals surface area contributed by atoms with E-state index in [0.29, 0.717) is 24.6 Å². The minimum Gasteiger partial charge on any atom is -0.493 e. The fourth-order valence-corrected chi connectivity index (χ4v) is 2.02. The van der Waals surface area contributed by atoms with E-state index in [4.69, 9.17) is 9.47 Å². The zero-order valence-electron chi connectivity index (χ0n) is 14.1. The van der Waals surface area contributed by atoms with E-state index in [2.05, 4.69) is 20.6 Å². The van der Waals surface area contributed by atoms with Crippen LogP contribution in [0.4, 0.5) is 0 Å². The van der Waals surface area contributed by atoms with Gasteiger partial charge in [-0.3, -0.25) is 14.6 Å². The Morgan fingerprint density at radius 3 is 2.68 bits per heavy atom. The van der Waals surface area contributed by atoms with Gasteiger partial charge in [-0.05, 0) is 24.6 Å². The third kappa shape index (κ3) is 5.45. The van der Waals surface area contributed by atoms with E-state index >= 15 is 0 Å². The van der Waals surface area contributed by atoms with Gasteiger partial charge in [0, 0.05) is 25.5 Å². The average molecular weight is 344 g/mol. The molecule has 0 aliphatic rings. The van der Waals surface area contributed by atoms with Crippen LogP contribution in [0.3, 0.4) is 0 Å². The second kappa shape index (κ2) is 9.21. The van der Waals surface area contributed by atoms with Crippen LogP contribution in [0, 0.1) is 0 Å². The lowest BCUT2D eigenvalue weighted by Gasteiger charge is -2.12. The van der Waals surface area contributed by atoms with Crippen LogP contribution < -0.4 is 20.1 Å². The van der Waals surface area contributed by atoms with E-state index in [1.165, 1.54) is 25.7 Å². The smallest absolute Gasteiger partial charge is 0.271 e. The van der Waals surface area contributed by atoms with Crippen LogP contribution in [0.2, 0.25) is 0 Å². The van der Waals surface area contributed by atoms with Gasteiger partial charge in [-0.2, -0.15) is 0 Å². The standard InChI is InChI=1S/C17H20N4O4/c1-3-19-16(22)11-25-14-5-4-12(8-15(14)24-2)9-21-17(23)13-10-18-6-7-20-13/h4-8,10H,3,9,11H2,1-2H3,(H,19,22)(H,21,23). The van der Waals surface area contributed by atoms with Crippen LogP contribution in [0.5, 0.6) is 11.5 Å². The summed E-state index contributed by atoms with van der Waals surface area (Å²) in [6.45, 7) is 2.58. The first-order chi connectivity index (χ1) is 12.1. The number of methoxy groups -OCH3 is 1. The van der Waals surface area contributed by atoms with E-state index in [-0.39, 0.29) is 24.1 Å². The third-order valence-corrected chi connectivity index (χ3v) is 3.21. The summed E-state index contributed by atoms with van der Waals surface area (Å²) >= 11 is 0. The molecule has 1 aromatic heterocycles. The molecule has 0 aliphatic carbocycles. The van der Waals surface area contributed by atoms with E-state index in [1.54, 1.807) is 18.2 Å². The summed E-state index contributed by atoms with van der Waals surface area (Å²) in [4.78, 5) is 31.2. The van der Waals surface area contributed by atoms with Gasteiger partial charge in [0.1, 0.15) is 5.69 Å². The number of carbonyl (C=O) groups excluding carboxylic acids is 2. The van der Waals surface area contributed by atoms with Crippen molar-refractivity contribution in [1.29, 1.82) is 0 Å². The molecule has 2 rings (SSSR count). The molecule has 2 aromatic rings. The van der Waals surface area contributed by atoms with Crippen molar-refractivity contribution in [1.82, 2.24) is 20.6 Å². The molecule has 0 radical (unpaired) electrons. The van der Waals surface area contributed by atoms with Crippen LogP contribution in [-0.4, -0.2) is 42.0 Å². The molecule has 1 aromatic carbocycles. The number of nitrogens with zero attached hydrogens (tertiary/aromatic N) is 2. The van der Waals surface area contributed by atoms with Gasteiger partial charge in [0.15, 0.2) is 18.1 Å². The normalized spacial score (nSPS) is 10.0. The Kier molecular flexibility index (Phi) is 6.70. The number of hydrogen-bond donors (Lipinski definition) is 2. The van der Waals surface area contributed by atoms with Crippen LogP contribution >= 0.6 is 0 Å². The Bertz CT molecular complexity index is 722. The third-order valence-electron chi connectivity index (χ3n) is 3.21. The van der Waals surface area contributed by atoms with Crippen molar-refractivity contribution in [2.24, 2.45) is 0 Å². The fraction of sp³-hybridized carbons (Fsp3) is 0.294. The molecule has 8 heteroatoms. The molecule has 8 nitrogen and oxygen atoms in total. The quantitative estimate of drug-likeness (QED) is 0.738. The largest absolute Gasteiger partial charge is 0.493 e. The van der Waals surface area contributed by atoms with Crippen molar-refractivity contribution in [2.75, 3.05) is 20.3 Å². The Hall–Kier alpha value is -3.16. The first-order valence-electron chi connectivity index (χ1n) is 7.74. The molecule has 0 saturated heterocycles. The van der Waals surface area contributed by atoms with Crippen LogP contribution in [-0.2, 0) is 11.3 Å². The SMILES string of the molecule is CCNC(=O)COc1ccc(CNC(=O)c2cnccn2)cc1OC. The molecule has 2 amide bonds. The Morgan fingerprint density at radius 2 is 2.00 bits per heavy atom. The van der Waals surface area contributed by atoms with Gasteiger partial charge in [-0.1, -0.05) is 6.07 Å². The molecule has 2 N–H and O–H groups in total. The first-order valence-corrected chi connectivity index (χ1v) is 7.74. The zero-order valence-corrected chi connectivity index (χ0v) is 14.1. The van der Waals surface area contributed by atoms with Gasteiger partial charge in [-0.15, -0.1) is 0 Å². The molecule has 1 heterocycles. The topological polar surface area (TPSA) is 102 Å². The molecule has 132 valence electrons. The highest BCUT2D eigenvalue weighted by Crippen LogP contribution is 2.28. The summed E-state index contributed by atoms with van der Waals surface area (Å²) in [5.41, 5.74) is 1.07. The molecule has 0 saturated carbocycles. The summed E-state index contributed by atoms with van der Waals surface area (Å²) in [6.07, 6.45) is 4.36. The number of amides is 2. The van der Waals surface area contributed by atoms with Gasteiger partial charge < -0.3 is 20.1 Å². The summed E-state index contributed by atoms with van der Waals surface area (Å²) in [5, 5.41) is 5.40. The number of rotatable bonds is 8. The minimum atomic E-state index is -0.316. The number of hydrogen-bond acceptors (Lipinski definition) is 6. The summed E-state index contributed by atoms with van der Waals surface area (Å²) < 4.78 is 10.7. The fourth-order valence-electron chi connectivity index (χ4n) is 2.02. The van der Waals surface area contributed by atoms with Crippen LogP contribution in [0.1, 0.15) is 23.0 Å². The number of carbonyl (C=O) groups is 2. The Morgan fingerprint density at radius 1 is 1.16 bits per heavy atom. The lowest BCUT2D eigenvalue weighted by Crippen LogP contribution is -2.28. The number of aromatic nitrogens is 2. The Labute approximate surface area is 145 Å². The maximum atomic E-state index is 12.0. The highest BCUT2D eigenvalue weighted by Gasteiger charge is 2.10. The second-order valence-corrected chi connectivity index (χ2v) is 5.00. The van der Waals surface area contributed by atoms with E-state index in [0.717, 1.165) is 5.56 Å². The first kappa shape index (κ1) is 18.2. The number of ether oxygens (including phenoxy) is 2. The predicted octanol–water partition coefficient (Wildman–Crippen LogP) is 0.930.